The summed E-state index contributed by atoms with van der Waals surface area (Å²) in [6.07, 6.45) is 0. The maximum Gasteiger partial charge on any atom is 0.231 e. The van der Waals surface area contributed by atoms with Crippen LogP contribution in [0.4, 0.5) is 0 Å². The second kappa shape index (κ2) is 6.67. The Bertz CT molecular complexity index is 981. The Labute approximate surface area is 162 Å². The van der Waals surface area contributed by atoms with Crippen LogP contribution in [0.2, 0.25) is 0 Å². The number of allylic oxidation sites excluding steroid dienone is 2. The number of ether oxygens (including phenoxy) is 5. The summed E-state index contributed by atoms with van der Waals surface area (Å²) < 4.78 is 27.5. The van der Waals surface area contributed by atoms with E-state index in [1.54, 1.807) is 25.1 Å². The average molecular weight is 384 g/mol. The van der Waals surface area contributed by atoms with E-state index in [1.165, 1.54) is 21.1 Å². The minimum Gasteiger partial charge on any atom is -0.502 e. The third-order valence-corrected chi connectivity index (χ3v) is 4.96. The third kappa shape index (κ3) is 2.70. The normalized spacial score (nSPS) is 17.1. The van der Waals surface area contributed by atoms with Gasteiger partial charge in [0.25, 0.3) is 0 Å². The molecule has 0 fully saturated rings. The third-order valence-electron chi connectivity index (χ3n) is 4.96. The van der Waals surface area contributed by atoms with Crippen LogP contribution in [0.15, 0.2) is 35.6 Å². The molecular formula is C21H20O7. The number of phenols is 1. The molecule has 1 unspecified atom stereocenters. The highest BCUT2D eigenvalue weighted by molar-refractivity contribution is 5.97. The van der Waals surface area contributed by atoms with Gasteiger partial charge >= 0.3 is 0 Å². The SMILES string of the molecule is COc1cc(C2C(C(C)=O)=C(C)Oc3cc4c(cc32)OCO4)cc(OC)c1O. The molecule has 0 amide bonds. The van der Waals surface area contributed by atoms with Crippen LogP contribution in [0, 0.1) is 0 Å². The van der Waals surface area contributed by atoms with Crippen LogP contribution in [0.3, 0.4) is 0 Å². The molecule has 2 aromatic carbocycles. The number of benzene rings is 2. The van der Waals surface area contributed by atoms with E-state index in [1.807, 2.05) is 6.07 Å². The van der Waals surface area contributed by atoms with Crippen molar-refractivity contribution in [1.82, 2.24) is 0 Å². The molecular weight excluding hydrogens is 364 g/mol. The molecule has 2 heterocycles. The first kappa shape index (κ1) is 18.0. The Morgan fingerprint density at radius 3 is 2.21 bits per heavy atom. The Kier molecular flexibility index (Phi) is 4.30. The second-order valence-electron chi connectivity index (χ2n) is 6.58. The Morgan fingerprint density at radius 1 is 1.04 bits per heavy atom. The number of hydrogen-bond donors (Lipinski definition) is 1. The summed E-state index contributed by atoms with van der Waals surface area (Å²) in [5.41, 5.74) is 2.00. The quantitative estimate of drug-likeness (QED) is 0.863. The summed E-state index contributed by atoms with van der Waals surface area (Å²) >= 11 is 0. The summed E-state index contributed by atoms with van der Waals surface area (Å²) in [7, 11) is 2.92. The summed E-state index contributed by atoms with van der Waals surface area (Å²) in [4.78, 5) is 12.5. The number of carbonyl (C=O) groups is 1. The fourth-order valence-electron chi connectivity index (χ4n) is 3.71. The Hall–Kier alpha value is -3.35. The fraction of sp³-hybridized carbons (Fsp3) is 0.286. The molecule has 0 saturated heterocycles. The minimum atomic E-state index is -0.445. The van der Waals surface area contributed by atoms with Crippen LogP contribution < -0.4 is 23.7 Å². The van der Waals surface area contributed by atoms with Gasteiger partial charge in [-0.1, -0.05) is 0 Å². The molecule has 2 aromatic rings. The first-order chi connectivity index (χ1) is 13.4. The van der Waals surface area contributed by atoms with E-state index in [2.05, 4.69) is 0 Å². The number of carbonyl (C=O) groups excluding carboxylic acids is 1. The molecule has 1 N–H and O–H groups in total. The number of methoxy groups -OCH3 is 2. The summed E-state index contributed by atoms with van der Waals surface area (Å²) in [6.45, 7) is 3.39. The van der Waals surface area contributed by atoms with Crippen molar-refractivity contribution >= 4 is 5.78 Å². The molecule has 0 aromatic heterocycles. The second-order valence-corrected chi connectivity index (χ2v) is 6.58. The highest BCUT2D eigenvalue weighted by Gasteiger charge is 2.35. The van der Waals surface area contributed by atoms with Crippen molar-refractivity contribution < 1.29 is 33.6 Å². The predicted octanol–water partition coefficient (Wildman–Crippen LogP) is 3.53. The lowest BCUT2D eigenvalue weighted by molar-refractivity contribution is -0.114. The van der Waals surface area contributed by atoms with Gasteiger partial charge in [-0.25, -0.2) is 0 Å². The van der Waals surface area contributed by atoms with Crippen molar-refractivity contribution in [3.05, 3.63) is 46.7 Å². The molecule has 0 aliphatic carbocycles. The largest absolute Gasteiger partial charge is 0.502 e. The lowest BCUT2D eigenvalue weighted by Crippen LogP contribution is -2.20. The van der Waals surface area contributed by atoms with E-state index in [0.717, 1.165) is 11.1 Å². The summed E-state index contributed by atoms with van der Waals surface area (Å²) in [5.74, 6) is 2.13. The van der Waals surface area contributed by atoms with Crippen LogP contribution in [0.1, 0.15) is 30.9 Å². The van der Waals surface area contributed by atoms with Crippen molar-refractivity contribution in [2.75, 3.05) is 21.0 Å². The van der Waals surface area contributed by atoms with E-state index < -0.39 is 5.92 Å². The van der Waals surface area contributed by atoms with Gasteiger partial charge < -0.3 is 28.8 Å². The predicted molar refractivity (Wildman–Crippen MR) is 99.6 cm³/mol. The number of phenolic OH excluding ortho intramolecular Hbond substituents is 1. The molecule has 0 radical (unpaired) electrons. The number of ketones is 1. The highest BCUT2D eigenvalue weighted by atomic mass is 16.7. The van der Waals surface area contributed by atoms with Crippen LogP contribution in [0.25, 0.3) is 0 Å². The van der Waals surface area contributed by atoms with Gasteiger partial charge in [-0.15, -0.1) is 0 Å². The van der Waals surface area contributed by atoms with Crippen molar-refractivity contribution in [2.24, 2.45) is 0 Å². The van der Waals surface area contributed by atoms with Gasteiger partial charge in [-0.2, -0.15) is 0 Å². The molecule has 0 spiro atoms. The highest BCUT2D eigenvalue weighted by Crippen LogP contribution is 2.50. The topological polar surface area (TPSA) is 83.5 Å². The molecule has 4 rings (SSSR count). The van der Waals surface area contributed by atoms with Crippen LogP contribution >= 0.6 is 0 Å². The van der Waals surface area contributed by atoms with E-state index in [-0.39, 0.29) is 29.8 Å². The minimum absolute atomic E-state index is 0.100. The van der Waals surface area contributed by atoms with E-state index in [4.69, 9.17) is 23.7 Å². The molecule has 146 valence electrons. The number of hydrogen-bond acceptors (Lipinski definition) is 7. The molecule has 1 atom stereocenters. The summed E-state index contributed by atoms with van der Waals surface area (Å²) in [5, 5.41) is 10.3. The van der Waals surface area contributed by atoms with Crippen molar-refractivity contribution in [3.8, 4) is 34.5 Å². The van der Waals surface area contributed by atoms with Gasteiger partial charge in [0.2, 0.25) is 12.5 Å². The molecule has 7 nitrogen and oxygen atoms in total. The number of fused-ring (bicyclic) bond motifs is 2. The first-order valence-electron chi connectivity index (χ1n) is 8.72. The van der Waals surface area contributed by atoms with Gasteiger partial charge in [-0.05, 0) is 37.6 Å². The standard InChI is InChI=1S/C21H20O7/c1-10(22)19-11(2)28-14-8-16-15(26-9-27-16)7-13(14)20(19)12-5-17(24-3)21(23)18(6-12)25-4/h5-8,20,23H,9H2,1-4H3. The maximum atomic E-state index is 12.5. The van der Waals surface area contributed by atoms with Crippen LogP contribution in [0.5, 0.6) is 34.5 Å². The van der Waals surface area contributed by atoms with E-state index in [9.17, 15) is 9.90 Å². The zero-order chi connectivity index (χ0) is 20.0. The Balaban J connectivity index is 1.97. The van der Waals surface area contributed by atoms with Crippen LogP contribution in [-0.2, 0) is 4.79 Å². The molecule has 2 aliphatic rings. The molecule has 28 heavy (non-hydrogen) atoms. The zero-order valence-corrected chi connectivity index (χ0v) is 16.0. The van der Waals surface area contributed by atoms with E-state index >= 15 is 0 Å². The number of aromatic hydroxyl groups is 1. The number of Topliss-reactive ketones (excluding diaryl/α,β-unsaturated/α-hetero) is 1. The molecule has 0 saturated carbocycles. The average Bonchev–Trinajstić information content (AvgIpc) is 3.12. The van der Waals surface area contributed by atoms with Crippen molar-refractivity contribution in [1.29, 1.82) is 0 Å². The van der Waals surface area contributed by atoms with E-state index in [0.29, 0.717) is 28.6 Å². The molecule has 0 bridgehead atoms. The molecule has 7 heteroatoms. The monoisotopic (exact) mass is 384 g/mol. The van der Waals surface area contributed by atoms with Gasteiger partial charge in [0.1, 0.15) is 11.5 Å². The summed E-state index contributed by atoms with van der Waals surface area (Å²) in [6, 6.07) is 6.97. The fourth-order valence-corrected chi connectivity index (χ4v) is 3.71. The zero-order valence-electron chi connectivity index (χ0n) is 16.0. The lowest BCUT2D eigenvalue weighted by Gasteiger charge is -2.29. The number of rotatable bonds is 4. The van der Waals surface area contributed by atoms with Gasteiger partial charge in [0.05, 0.1) is 14.2 Å². The van der Waals surface area contributed by atoms with Gasteiger partial charge in [-0.3, -0.25) is 4.79 Å². The maximum absolute atomic E-state index is 12.5. The Morgan fingerprint density at radius 2 is 1.64 bits per heavy atom. The van der Waals surface area contributed by atoms with Crippen molar-refractivity contribution in [3.63, 3.8) is 0 Å². The van der Waals surface area contributed by atoms with Crippen molar-refractivity contribution in [2.45, 2.75) is 19.8 Å². The van der Waals surface area contributed by atoms with Crippen LogP contribution in [-0.4, -0.2) is 31.9 Å². The smallest absolute Gasteiger partial charge is 0.231 e. The van der Waals surface area contributed by atoms with Gasteiger partial charge in [0.15, 0.2) is 28.8 Å². The lowest BCUT2D eigenvalue weighted by atomic mass is 9.80. The molecule has 2 aliphatic heterocycles. The van der Waals surface area contributed by atoms with Gasteiger partial charge in [0, 0.05) is 23.1 Å². The first-order valence-corrected chi connectivity index (χ1v) is 8.72.